The van der Waals surface area contributed by atoms with Crippen LogP contribution in [-0.4, -0.2) is 63.0 Å². The third-order valence-electron chi connectivity index (χ3n) is 5.82. The number of hydrogen-bond donors (Lipinski definition) is 1. The zero-order valence-corrected chi connectivity index (χ0v) is 27.0. The first-order valence-corrected chi connectivity index (χ1v) is 25.1. The molecule has 1 heterocycles. The van der Waals surface area contributed by atoms with E-state index in [0.717, 1.165) is 0 Å². The summed E-state index contributed by atoms with van der Waals surface area (Å²) in [7, 11) is -2.21. The minimum absolute atomic E-state index is 0. The first kappa shape index (κ1) is 48.3. The quantitative estimate of drug-likeness (QED) is 0.326. The van der Waals surface area contributed by atoms with E-state index in [4.69, 9.17) is 5.73 Å². The second-order valence-corrected chi connectivity index (χ2v) is 24.7. The zero-order valence-electron chi connectivity index (χ0n) is 19.3. The van der Waals surface area contributed by atoms with Gasteiger partial charge in [0.1, 0.15) is 0 Å². The molecule has 1 saturated heterocycles. The van der Waals surface area contributed by atoms with E-state index in [-0.39, 0.29) is 88.8 Å². The van der Waals surface area contributed by atoms with Crippen molar-refractivity contribution in [2.24, 2.45) is 5.73 Å². The van der Waals surface area contributed by atoms with E-state index in [1.165, 1.54) is 27.8 Å². The monoisotopic (exact) mass is 744 g/mol. The van der Waals surface area contributed by atoms with Crippen molar-refractivity contribution in [2.45, 2.75) is 98.4 Å². The van der Waals surface area contributed by atoms with Crippen molar-refractivity contribution in [2.75, 3.05) is 0 Å². The Hall–Kier alpha value is 0.251. The molecule has 0 atom stereocenters. The van der Waals surface area contributed by atoms with Crippen LogP contribution in [0.15, 0.2) is 48.5 Å². The fourth-order valence-corrected chi connectivity index (χ4v) is 21.3. The molecule has 0 amide bonds. The number of benzene rings is 2. The fourth-order valence-electron chi connectivity index (χ4n) is 3.99. The van der Waals surface area contributed by atoms with Gasteiger partial charge < -0.3 is 0 Å². The Balaban J connectivity index is -0.000000110. The molecule has 1 fully saturated rings. The van der Waals surface area contributed by atoms with Crippen molar-refractivity contribution >= 4 is 65.9 Å². The Morgan fingerprint density at radius 1 is 0.714 bits per heavy atom. The molecule has 0 unspecified atom stereocenters. The van der Waals surface area contributed by atoms with Gasteiger partial charge in [-0.25, -0.2) is 0 Å². The molecule has 2 aromatic carbocycles. The van der Waals surface area contributed by atoms with Crippen LogP contribution >= 0.6 is 0 Å². The summed E-state index contributed by atoms with van der Waals surface area (Å²) >= 11 is -0.511. The Kier molecular flexibility index (Phi) is 30.7. The van der Waals surface area contributed by atoms with Gasteiger partial charge in [0.05, 0.1) is 0 Å². The van der Waals surface area contributed by atoms with Crippen LogP contribution in [0.5, 0.6) is 0 Å². The molecule has 4 radical (unpaired) electrons. The topological polar surface area (TPSA) is 29.3 Å². The van der Waals surface area contributed by atoms with Gasteiger partial charge in [-0.2, -0.15) is 0 Å². The maximum atomic E-state index is 5.49. The number of nitrogens with two attached hydrogens (primary N) is 1. The first-order chi connectivity index (χ1) is 13.2. The number of hydrogen-bond acceptors (Lipinski definition) is 2. The SMILES string of the molecule is C.C.C.C.C.F.F.[CH3][Sn][c]1cccc(CN)c1.[CH3][Sn][c]1cccc(CN2[Si](C)(C)CC[Si]2(C)C)c1. The fraction of sp³-hybridized carbons (Fsp3) is 0.556. The van der Waals surface area contributed by atoms with E-state index in [1.54, 1.807) is 9.14 Å². The predicted molar refractivity (Wildman–Crippen MR) is 172 cm³/mol. The van der Waals surface area contributed by atoms with E-state index < -0.39 is 16.5 Å². The summed E-state index contributed by atoms with van der Waals surface area (Å²) < 4.78 is 6.15. The summed E-state index contributed by atoms with van der Waals surface area (Å²) in [6.07, 6.45) is 0. The van der Waals surface area contributed by atoms with Gasteiger partial charge >= 0.3 is 197 Å². The molecule has 1 aliphatic heterocycles. The summed E-state index contributed by atoms with van der Waals surface area (Å²) in [4.78, 5) is 4.73. The molecule has 0 aliphatic carbocycles. The average molecular weight is 742 g/mol. The summed E-state index contributed by atoms with van der Waals surface area (Å²) in [5.41, 5.74) is 8.32. The third-order valence-corrected chi connectivity index (χ3v) is 21.2. The molecule has 0 aromatic heterocycles. The summed E-state index contributed by atoms with van der Waals surface area (Å²) in [5, 5.41) is 0. The Morgan fingerprint density at radius 2 is 1.09 bits per heavy atom. The van der Waals surface area contributed by atoms with Crippen LogP contribution < -0.4 is 12.9 Å². The molecule has 35 heavy (non-hydrogen) atoms. The molecule has 8 heteroatoms. The van der Waals surface area contributed by atoms with Crippen molar-refractivity contribution in [1.82, 2.24) is 4.23 Å². The Bertz CT molecular complexity index is 743. The molecule has 1 aliphatic rings. The van der Waals surface area contributed by atoms with Gasteiger partial charge in [-0.15, -0.1) is 0 Å². The van der Waals surface area contributed by atoms with Gasteiger partial charge in [0.15, 0.2) is 0 Å². The van der Waals surface area contributed by atoms with Crippen LogP contribution in [0.1, 0.15) is 48.3 Å². The van der Waals surface area contributed by atoms with Crippen LogP contribution in [0.25, 0.3) is 0 Å². The van der Waals surface area contributed by atoms with Crippen LogP contribution in [0.4, 0.5) is 9.41 Å². The van der Waals surface area contributed by atoms with Crippen molar-refractivity contribution in [3.8, 4) is 0 Å². The number of nitrogens with zero attached hydrogens (tertiary/aromatic N) is 1. The summed E-state index contributed by atoms with van der Waals surface area (Å²) in [6, 6.07) is 21.1. The molecule has 2 aromatic rings. The van der Waals surface area contributed by atoms with Crippen molar-refractivity contribution in [1.29, 1.82) is 0 Å². The van der Waals surface area contributed by atoms with Crippen LogP contribution in [0.2, 0.25) is 48.2 Å². The second-order valence-electron chi connectivity index (χ2n) is 8.82. The van der Waals surface area contributed by atoms with E-state index in [9.17, 15) is 0 Å². The molecule has 0 bridgehead atoms. The van der Waals surface area contributed by atoms with Gasteiger partial charge in [0.25, 0.3) is 0 Å². The van der Waals surface area contributed by atoms with Crippen molar-refractivity contribution in [3.63, 3.8) is 0 Å². The maximum absolute atomic E-state index is 5.49. The van der Waals surface area contributed by atoms with Crippen LogP contribution in [0.3, 0.4) is 0 Å². The average Bonchev–Trinajstić information content (AvgIpc) is 2.91. The first-order valence-electron chi connectivity index (χ1n) is 10.2. The Morgan fingerprint density at radius 3 is 1.46 bits per heavy atom. The molecule has 206 valence electrons. The van der Waals surface area contributed by atoms with Gasteiger partial charge in [-0.1, -0.05) is 37.1 Å². The standard InChI is InChI=1S/C13H22NSi2.C7H8N.5CH4.2CH3.2FH.2Sn/c1-15(2)10-11-16(3,4)14(15)12-13-8-6-5-7-9-13;8-6-7-4-2-1-3-5-7;;;;;;;;;;;/h5-6,8-9H,10-12H2,1-4H3;1-2,4-5H,6,8H2;5*1H4;2*1H3;2*1H;;. The molecule has 0 spiro atoms. The zero-order chi connectivity index (χ0) is 20.8. The molecule has 0 saturated carbocycles. The van der Waals surface area contributed by atoms with E-state index >= 15 is 0 Å². The normalized spacial score (nSPS) is 14.3. The van der Waals surface area contributed by atoms with E-state index in [2.05, 4.69) is 88.8 Å². The predicted octanol–water partition coefficient (Wildman–Crippen LogP) is 7.30. The minimum atomic E-state index is -1.11. The Labute approximate surface area is 241 Å². The molecular formula is C27H58F2N2Si2Sn2. The van der Waals surface area contributed by atoms with Gasteiger partial charge in [-0.3, -0.25) is 9.41 Å². The molecule has 2 nitrogen and oxygen atoms in total. The second kappa shape index (κ2) is 22.3. The third kappa shape index (κ3) is 14.7. The van der Waals surface area contributed by atoms with Crippen LogP contribution in [0, 0.1) is 0 Å². The van der Waals surface area contributed by atoms with Gasteiger partial charge in [-0.05, 0) is 0 Å². The van der Waals surface area contributed by atoms with Crippen LogP contribution in [-0.2, 0) is 13.1 Å². The number of rotatable bonds is 5. The molecule has 2 N–H and O–H groups in total. The molecular weight excluding hydrogens is 684 g/mol. The van der Waals surface area contributed by atoms with Gasteiger partial charge in [0, 0.05) is 0 Å². The van der Waals surface area contributed by atoms with Gasteiger partial charge in [0.2, 0.25) is 0 Å². The summed E-state index contributed by atoms with van der Waals surface area (Å²) in [5.74, 6) is 0. The summed E-state index contributed by atoms with van der Waals surface area (Å²) in [6.45, 7) is 12.2. The van der Waals surface area contributed by atoms with E-state index in [0.29, 0.717) is 6.54 Å². The molecule has 3 rings (SSSR count). The number of halogens is 2. The van der Waals surface area contributed by atoms with Crippen molar-refractivity contribution < 1.29 is 9.41 Å². The van der Waals surface area contributed by atoms with E-state index in [1.807, 2.05) is 0 Å². The van der Waals surface area contributed by atoms with Crippen molar-refractivity contribution in [3.05, 3.63) is 59.7 Å².